The molecule has 0 aliphatic carbocycles. The Balaban J connectivity index is 2.92. The Morgan fingerprint density at radius 2 is 2.56 bits per heavy atom. The van der Waals surface area contributed by atoms with Gasteiger partial charge in [-0.05, 0) is 6.07 Å². The van der Waals surface area contributed by atoms with E-state index in [1.54, 1.807) is 27.6 Å². The van der Waals surface area contributed by atoms with E-state index in [1.807, 2.05) is 6.07 Å². The number of aromatic nitrogens is 2. The minimum atomic E-state index is 0.745. The van der Waals surface area contributed by atoms with Crippen LogP contribution in [0.25, 0.3) is 4.83 Å². The molecule has 0 aromatic carbocycles. The summed E-state index contributed by atoms with van der Waals surface area (Å²) in [4.78, 5) is 1.08. The molecule has 4 heteroatoms. The van der Waals surface area contributed by atoms with Gasteiger partial charge in [-0.1, -0.05) is 11.6 Å². The Hall–Kier alpha value is -0.540. The van der Waals surface area contributed by atoms with Crippen molar-refractivity contribution >= 4 is 27.8 Å². The van der Waals surface area contributed by atoms with Crippen LogP contribution in [0, 0.1) is 0 Å². The fourth-order valence-corrected chi connectivity index (χ4v) is 1.63. The van der Waals surface area contributed by atoms with Crippen molar-refractivity contribution in [2.24, 2.45) is 0 Å². The highest BCUT2D eigenvalue weighted by atomic mass is 35.5. The molecule has 0 saturated carbocycles. The molecule has 0 amide bonds. The molecule has 2 nitrogen and oxygen atoms in total. The van der Waals surface area contributed by atoms with Crippen LogP contribution in [0.1, 0.15) is 0 Å². The van der Waals surface area contributed by atoms with Crippen molar-refractivity contribution in [3.05, 3.63) is 22.8 Å². The van der Waals surface area contributed by atoms with Gasteiger partial charge in [0.2, 0.25) is 0 Å². The van der Waals surface area contributed by atoms with Gasteiger partial charge in [0, 0.05) is 6.20 Å². The third-order valence-electron chi connectivity index (χ3n) is 1.08. The van der Waals surface area contributed by atoms with E-state index in [1.165, 1.54) is 0 Å². The molecule has 2 aromatic heterocycles. The van der Waals surface area contributed by atoms with E-state index in [9.17, 15) is 0 Å². The van der Waals surface area contributed by atoms with Crippen LogP contribution in [-0.2, 0) is 0 Å². The van der Waals surface area contributed by atoms with Crippen LogP contribution in [0.4, 0.5) is 0 Å². The predicted octanol–water partition coefficient (Wildman–Crippen LogP) is 2.05. The van der Waals surface area contributed by atoms with Gasteiger partial charge < -0.3 is 0 Å². The maximum Gasteiger partial charge on any atom is 0.120 e. The first-order chi connectivity index (χ1) is 4.36. The highest BCUT2D eigenvalue weighted by molar-refractivity contribution is 7.15. The van der Waals surface area contributed by atoms with Crippen molar-refractivity contribution in [2.75, 3.05) is 0 Å². The third-order valence-corrected chi connectivity index (χ3v) is 2.03. The summed E-state index contributed by atoms with van der Waals surface area (Å²) in [5.41, 5.74) is 1.78. The van der Waals surface area contributed by atoms with E-state index in [4.69, 9.17) is 11.6 Å². The van der Waals surface area contributed by atoms with Crippen LogP contribution >= 0.6 is 22.9 Å². The molecule has 0 N–H and O–H groups in total. The van der Waals surface area contributed by atoms with Crippen molar-refractivity contribution in [1.29, 1.82) is 0 Å². The third kappa shape index (κ3) is 0.730. The number of hydrogen-bond acceptors (Lipinski definition) is 2. The van der Waals surface area contributed by atoms with Crippen LogP contribution in [0.15, 0.2) is 17.8 Å². The number of rotatable bonds is 0. The largest absolute Gasteiger partial charge is 0.229 e. The molecule has 46 valence electrons. The number of hydrogen-bond donors (Lipinski definition) is 0. The molecule has 0 radical (unpaired) electrons. The van der Waals surface area contributed by atoms with E-state index in [-0.39, 0.29) is 0 Å². The fraction of sp³-hybridized carbons (Fsp3) is 0. The predicted molar refractivity (Wildman–Crippen MR) is 38.1 cm³/mol. The second-order valence-corrected chi connectivity index (χ2v) is 2.98. The molecular weight excluding hydrogens is 156 g/mol. The normalized spacial score (nSPS) is 10.8. The molecule has 9 heavy (non-hydrogen) atoms. The quantitative estimate of drug-likeness (QED) is 0.574. The van der Waals surface area contributed by atoms with Gasteiger partial charge in [0.05, 0.1) is 5.02 Å². The first kappa shape index (κ1) is 5.26. The van der Waals surface area contributed by atoms with Crippen molar-refractivity contribution < 1.29 is 0 Å². The van der Waals surface area contributed by atoms with E-state index in [0.29, 0.717) is 0 Å². The standard InChI is InChI=1S/C5H3ClN2S/c6-4-1-5-8(2-4)7-3-9-5/h1-3H. The maximum atomic E-state index is 5.67. The van der Waals surface area contributed by atoms with Crippen LogP contribution in [0.5, 0.6) is 0 Å². The van der Waals surface area contributed by atoms with Crippen LogP contribution < -0.4 is 0 Å². The van der Waals surface area contributed by atoms with Gasteiger partial charge in [-0.15, -0.1) is 11.3 Å². The van der Waals surface area contributed by atoms with Crippen LogP contribution in [0.3, 0.4) is 0 Å². The highest BCUT2D eigenvalue weighted by Crippen LogP contribution is 2.16. The summed E-state index contributed by atoms with van der Waals surface area (Å²) in [6.07, 6.45) is 1.79. The first-order valence-electron chi connectivity index (χ1n) is 2.43. The summed E-state index contributed by atoms with van der Waals surface area (Å²) in [5.74, 6) is 0. The van der Waals surface area contributed by atoms with E-state index in [0.717, 1.165) is 9.85 Å². The maximum absolute atomic E-state index is 5.67. The van der Waals surface area contributed by atoms with E-state index in [2.05, 4.69) is 5.10 Å². The summed E-state index contributed by atoms with van der Waals surface area (Å²) in [7, 11) is 0. The van der Waals surface area contributed by atoms with E-state index >= 15 is 0 Å². The summed E-state index contributed by atoms with van der Waals surface area (Å²) < 4.78 is 1.76. The number of fused-ring (bicyclic) bond motifs is 1. The molecule has 0 aliphatic heterocycles. The summed E-state index contributed by atoms with van der Waals surface area (Å²) in [6.45, 7) is 0. The molecule has 0 aliphatic rings. The Morgan fingerprint density at radius 1 is 1.67 bits per heavy atom. The zero-order valence-electron chi connectivity index (χ0n) is 4.41. The monoisotopic (exact) mass is 158 g/mol. The van der Waals surface area contributed by atoms with Crippen molar-refractivity contribution in [3.8, 4) is 0 Å². The molecule has 0 saturated heterocycles. The molecular formula is C5H3ClN2S. The molecule has 0 bridgehead atoms. The van der Waals surface area contributed by atoms with Gasteiger partial charge in [0.1, 0.15) is 10.3 Å². The van der Waals surface area contributed by atoms with Gasteiger partial charge in [0.15, 0.2) is 0 Å². The minimum Gasteiger partial charge on any atom is -0.229 e. The van der Waals surface area contributed by atoms with Gasteiger partial charge in [-0.25, -0.2) is 4.52 Å². The molecule has 2 aromatic rings. The lowest BCUT2D eigenvalue weighted by atomic mass is 10.7. The van der Waals surface area contributed by atoms with Crippen LogP contribution in [-0.4, -0.2) is 9.61 Å². The van der Waals surface area contributed by atoms with Crippen molar-refractivity contribution in [1.82, 2.24) is 9.61 Å². The molecule has 0 spiro atoms. The molecule has 0 atom stereocenters. The molecule has 0 unspecified atom stereocenters. The number of halogens is 1. The van der Waals surface area contributed by atoms with Crippen molar-refractivity contribution in [3.63, 3.8) is 0 Å². The first-order valence-corrected chi connectivity index (χ1v) is 3.69. The topological polar surface area (TPSA) is 17.3 Å². The lowest BCUT2D eigenvalue weighted by Crippen LogP contribution is -1.74. The van der Waals surface area contributed by atoms with E-state index < -0.39 is 0 Å². The lowest BCUT2D eigenvalue weighted by Gasteiger charge is -1.72. The van der Waals surface area contributed by atoms with Gasteiger partial charge in [-0.3, -0.25) is 0 Å². The fourth-order valence-electron chi connectivity index (χ4n) is 0.708. The average Bonchev–Trinajstić information content (AvgIpc) is 2.22. The van der Waals surface area contributed by atoms with Gasteiger partial charge in [-0.2, -0.15) is 5.10 Å². The Bertz CT molecular complexity index is 296. The lowest BCUT2D eigenvalue weighted by molar-refractivity contribution is 0.977. The van der Waals surface area contributed by atoms with Gasteiger partial charge >= 0.3 is 0 Å². The second-order valence-electron chi connectivity index (χ2n) is 1.68. The minimum absolute atomic E-state index is 0.745. The Labute approximate surface area is 60.7 Å². The SMILES string of the molecule is Clc1cc2scnn2c1. The molecule has 0 fully saturated rings. The van der Waals surface area contributed by atoms with Crippen molar-refractivity contribution in [2.45, 2.75) is 0 Å². The second kappa shape index (κ2) is 1.72. The zero-order valence-corrected chi connectivity index (χ0v) is 5.99. The molecule has 2 rings (SSSR count). The zero-order chi connectivity index (χ0) is 6.27. The summed E-state index contributed by atoms with van der Waals surface area (Å²) in [6, 6.07) is 1.89. The molecule has 2 heterocycles. The summed E-state index contributed by atoms with van der Waals surface area (Å²) >= 11 is 7.25. The smallest absolute Gasteiger partial charge is 0.120 e. The highest BCUT2D eigenvalue weighted by Gasteiger charge is 1.96. The van der Waals surface area contributed by atoms with Gasteiger partial charge in [0.25, 0.3) is 0 Å². The Kier molecular flexibility index (Phi) is 1.00. The Morgan fingerprint density at radius 3 is 3.33 bits per heavy atom. The number of nitrogens with zero attached hydrogens (tertiary/aromatic N) is 2. The van der Waals surface area contributed by atoms with Crippen LogP contribution in [0.2, 0.25) is 5.02 Å². The summed E-state index contributed by atoms with van der Waals surface area (Å²) in [5, 5.41) is 4.74. The average molecular weight is 159 g/mol.